The summed E-state index contributed by atoms with van der Waals surface area (Å²) in [6.07, 6.45) is -3.72. The monoisotopic (exact) mass is 276 g/mol. The van der Waals surface area contributed by atoms with Crippen molar-refractivity contribution in [2.75, 3.05) is 13.7 Å². The van der Waals surface area contributed by atoms with Gasteiger partial charge in [0.1, 0.15) is 18.3 Å². The van der Waals surface area contributed by atoms with Gasteiger partial charge in [0, 0.05) is 14.0 Å². The molecule has 2 aliphatic heterocycles. The van der Waals surface area contributed by atoms with Gasteiger partial charge in [-0.15, -0.1) is 0 Å². The van der Waals surface area contributed by atoms with Crippen LogP contribution in [-0.4, -0.2) is 61.3 Å². The highest BCUT2D eigenvalue weighted by Gasteiger charge is 2.54. The molecule has 0 radical (unpaired) electrons. The predicted octanol–water partition coefficient (Wildman–Crippen LogP) is -0.198. The number of hydrogen-bond donors (Lipinski definition) is 1. The molecule has 1 unspecified atom stereocenters. The fraction of sp³-hybridized carbons (Fsp3) is 0.917. The fourth-order valence-electron chi connectivity index (χ4n) is 2.42. The Morgan fingerprint density at radius 3 is 2.53 bits per heavy atom. The number of esters is 1. The number of aliphatic hydroxyl groups is 1. The second-order valence-electron chi connectivity index (χ2n) is 5.14. The average Bonchev–Trinajstić information content (AvgIpc) is 2.58. The van der Waals surface area contributed by atoms with Crippen LogP contribution in [0, 0.1) is 0 Å². The van der Waals surface area contributed by atoms with Crippen LogP contribution in [0.1, 0.15) is 20.8 Å². The minimum atomic E-state index is -0.870. The molecule has 1 N–H and O–H groups in total. The summed E-state index contributed by atoms with van der Waals surface area (Å²) in [5, 5.41) is 10.0. The van der Waals surface area contributed by atoms with E-state index in [0.29, 0.717) is 0 Å². The van der Waals surface area contributed by atoms with Crippen LogP contribution in [-0.2, 0) is 28.5 Å². The van der Waals surface area contributed by atoms with Gasteiger partial charge in [0.05, 0.1) is 6.61 Å². The predicted molar refractivity (Wildman–Crippen MR) is 62.1 cm³/mol. The first-order chi connectivity index (χ1) is 8.84. The maximum Gasteiger partial charge on any atom is 0.303 e. The van der Waals surface area contributed by atoms with Crippen molar-refractivity contribution in [3.63, 3.8) is 0 Å². The number of rotatable bonds is 2. The maximum atomic E-state index is 11.2. The summed E-state index contributed by atoms with van der Waals surface area (Å²) in [7, 11) is 1.44. The van der Waals surface area contributed by atoms with E-state index in [2.05, 4.69) is 0 Å². The summed E-state index contributed by atoms with van der Waals surface area (Å²) in [6.45, 7) is 4.80. The van der Waals surface area contributed by atoms with E-state index in [-0.39, 0.29) is 6.61 Å². The lowest BCUT2D eigenvalue weighted by atomic mass is 10.0. The highest BCUT2D eigenvalue weighted by molar-refractivity contribution is 5.66. The van der Waals surface area contributed by atoms with E-state index >= 15 is 0 Å². The number of carbonyl (C=O) groups is 1. The van der Waals surface area contributed by atoms with Gasteiger partial charge < -0.3 is 28.8 Å². The van der Waals surface area contributed by atoms with Crippen molar-refractivity contribution < 1.29 is 33.6 Å². The Morgan fingerprint density at radius 2 is 1.95 bits per heavy atom. The molecule has 19 heavy (non-hydrogen) atoms. The highest BCUT2D eigenvalue weighted by Crippen LogP contribution is 2.36. The van der Waals surface area contributed by atoms with Crippen LogP contribution in [0.5, 0.6) is 0 Å². The molecule has 5 atom stereocenters. The van der Waals surface area contributed by atoms with Gasteiger partial charge in [-0.2, -0.15) is 0 Å². The third-order valence-electron chi connectivity index (χ3n) is 3.10. The number of fused-ring (bicyclic) bond motifs is 1. The standard InChI is InChI=1S/C12H20O7/c1-6(13)17-10-9-8(18-12(2,3)19-9)7(14)5-16-11(10)15-4/h7-11,14H,5H2,1-4H3/t7-,8-,9?,10+,11+/m1/s1. The molecule has 110 valence electrons. The van der Waals surface area contributed by atoms with Crippen molar-refractivity contribution in [3.05, 3.63) is 0 Å². The van der Waals surface area contributed by atoms with E-state index in [4.69, 9.17) is 23.7 Å². The third-order valence-corrected chi connectivity index (χ3v) is 3.10. The van der Waals surface area contributed by atoms with E-state index in [1.165, 1.54) is 14.0 Å². The summed E-state index contributed by atoms with van der Waals surface area (Å²) < 4.78 is 27.1. The van der Waals surface area contributed by atoms with Gasteiger partial charge in [-0.3, -0.25) is 4.79 Å². The zero-order valence-corrected chi connectivity index (χ0v) is 11.5. The summed E-state index contributed by atoms with van der Waals surface area (Å²) in [6, 6.07) is 0. The quantitative estimate of drug-likeness (QED) is 0.699. The van der Waals surface area contributed by atoms with Gasteiger partial charge in [-0.1, -0.05) is 0 Å². The van der Waals surface area contributed by atoms with Crippen LogP contribution < -0.4 is 0 Å². The molecule has 0 aromatic carbocycles. The number of aliphatic hydroxyl groups excluding tert-OH is 1. The van der Waals surface area contributed by atoms with E-state index in [1.807, 2.05) is 0 Å². The van der Waals surface area contributed by atoms with E-state index < -0.39 is 42.5 Å². The SMILES string of the molecule is CO[C@H]1OC[C@@H](O)[C@H]2OC(C)(C)OC2[C@@H]1OC(C)=O. The van der Waals surface area contributed by atoms with Crippen molar-refractivity contribution in [1.29, 1.82) is 0 Å². The summed E-state index contributed by atoms with van der Waals surface area (Å²) >= 11 is 0. The molecular formula is C12H20O7. The zero-order valence-electron chi connectivity index (χ0n) is 11.5. The van der Waals surface area contributed by atoms with Crippen LogP contribution in [0.4, 0.5) is 0 Å². The minimum Gasteiger partial charge on any atom is -0.454 e. The molecule has 0 amide bonds. The molecule has 2 heterocycles. The molecule has 7 heteroatoms. The van der Waals surface area contributed by atoms with E-state index in [1.54, 1.807) is 13.8 Å². The Hall–Kier alpha value is -0.730. The normalized spacial score (nSPS) is 41.4. The lowest BCUT2D eigenvalue weighted by molar-refractivity contribution is -0.231. The van der Waals surface area contributed by atoms with Crippen LogP contribution in [0.3, 0.4) is 0 Å². The number of ether oxygens (including phenoxy) is 5. The van der Waals surface area contributed by atoms with E-state index in [9.17, 15) is 9.90 Å². The van der Waals surface area contributed by atoms with Crippen LogP contribution in [0.25, 0.3) is 0 Å². The van der Waals surface area contributed by atoms with Crippen molar-refractivity contribution in [1.82, 2.24) is 0 Å². The van der Waals surface area contributed by atoms with Crippen LogP contribution in [0.15, 0.2) is 0 Å². The summed E-state index contributed by atoms with van der Waals surface area (Å²) in [4.78, 5) is 11.2. The van der Waals surface area contributed by atoms with E-state index in [0.717, 1.165) is 0 Å². The average molecular weight is 276 g/mol. The first kappa shape index (κ1) is 14.7. The molecule has 0 spiro atoms. The molecular weight excluding hydrogens is 256 g/mol. The van der Waals surface area contributed by atoms with Gasteiger partial charge in [0.2, 0.25) is 0 Å². The molecule has 2 saturated heterocycles. The molecule has 0 bridgehead atoms. The second-order valence-corrected chi connectivity index (χ2v) is 5.14. The molecule has 0 aromatic heterocycles. The summed E-state index contributed by atoms with van der Waals surface area (Å²) in [5.74, 6) is -1.33. The van der Waals surface area contributed by atoms with Crippen LogP contribution >= 0.6 is 0 Å². The third kappa shape index (κ3) is 3.06. The number of methoxy groups -OCH3 is 1. The Morgan fingerprint density at radius 1 is 1.32 bits per heavy atom. The van der Waals surface area contributed by atoms with Crippen LogP contribution in [0.2, 0.25) is 0 Å². The Kier molecular flexibility index (Phi) is 4.12. The molecule has 0 aromatic rings. The van der Waals surface area contributed by atoms with Gasteiger partial charge >= 0.3 is 5.97 Å². The van der Waals surface area contributed by atoms with Gasteiger partial charge in [-0.05, 0) is 13.8 Å². The molecule has 2 fully saturated rings. The Balaban J connectivity index is 2.26. The zero-order chi connectivity index (χ0) is 14.2. The first-order valence-electron chi connectivity index (χ1n) is 6.19. The molecule has 2 aliphatic rings. The number of hydrogen-bond acceptors (Lipinski definition) is 7. The van der Waals surface area contributed by atoms with Gasteiger partial charge in [0.25, 0.3) is 0 Å². The molecule has 0 aliphatic carbocycles. The second kappa shape index (κ2) is 5.34. The lowest BCUT2D eigenvalue weighted by Crippen LogP contribution is -2.47. The topological polar surface area (TPSA) is 83.5 Å². The highest BCUT2D eigenvalue weighted by atomic mass is 16.8. The van der Waals surface area contributed by atoms with Crippen molar-refractivity contribution >= 4 is 5.97 Å². The fourth-order valence-corrected chi connectivity index (χ4v) is 2.42. The number of carbonyl (C=O) groups excluding carboxylic acids is 1. The molecule has 0 saturated carbocycles. The van der Waals surface area contributed by atoms with Crippen molar-refractivity contribution in [2.24, 2.45) is 0 Å². The lowest BCUT2D eigenvalue weighted by Gasteiger charge is -2.28. The Labute approximate surface area is 111 Å². The van der Waals surface area contributed by atoms with Crippen molar-refractivity contribution in [3.8, 4) is 0 Å². The minimum absolute atomic E-state index is 0.0247. The first-order valence-corrected chi connectivity index (χ1v) is 6.19. The van der Waals surface area contributed by atoms with Crippen molar-refractivity contribution in [2.45, 2.75) is 57.3 Å². The largest absolute Gasteiger partial charge is 0.454 e. The van der Waals surface area contributed by atoms with Gasteiger partial charge in [-0.25, -0.2) is 0 Å². The molecule has 2 rings (SSSR count). The molecule has 7 nitrogen and oxygen atoms in total. The smallest absolute Gasteiger partial charge is 0.303 e. The van der Waals surface area contributed by atoms with Gasteiger partial charge in [0.15, 0.2) is 18.2 Å². The maximum absolute atomic E-state index is 11.2. The Bertz CT molecular complexity index is 343. The summed E-state index contributed by atoms with van der Waals surface area (Å²) in [5.41, 5.74) is 0.